The quantitative estimate of drug-likeness (QED) is 0.250. The summed E-state index contributed by atoms with van der Waals surface area (Å²) in [7, 11) is -3.32. The number of hydrogen-bond acceptors (Lipinski definition) is 6. The summed E-state index contributed by atoms with van der Waals surface area (Å²) in [5.41, 5.74) is 5.42. The molecule has 1 unspecified atom stereocenters. The first-order chi connectivity index (χ1) is 19.7. The first kappa shape index (κ1) is 29.6. The van der Waals surface area contributed by atoms with Crippen molar-refractivity contribution < 1.29 is 27.9 Å². The Morgan fingerprint density at radius 2 is 1.59 bits per heavy atom. The summed E-state index contributed by atoms with van der Waals surface area (Å²) in [6.07, 6.45) is 0.864. The fourth-order valence-electron chi connectivity index (χ4n) is 4.45. The number of nitrogens with zero attached hydrogens (tertiary/aromatic N) is 1. The molecule has 0 saturated heterocycles. The number of carbonyl (C=O) groups is 2. The number of rotatable bonds is 11. The maximum absolute atomic E-state index is 12.7. The maximum atomic E-state index is 12.7. The number of aliphatic hydroxyl groups is 1. The first-order valence-corrected chi connectivity index (χ1v) is 15.0. The second kappa shape index (κ2) is 13.3. The summed E-state index contributed by atoms with van der Waals surface area (Å²) < 4.78 is 31.1. The molecule has 3 N–H and O–H groups in total. The van der Waals surface area contributed by atoms with E-state index in [-0.39, 0.29) is 18.0 Å². The molecule has 0 fully saturated rings. The van der Waals surface area contributed by atoms with Crippen LogP contribution < -0.4 is 10.6 Å². The van der Waals surface area contributed by atoms with Gasteiger partial charge in [0, 0.05) is 24.2 Å². The van der Waals surface area contributed by atoms with Crippen molar-refractivity contribution in [1.82, 2.24) is 15.2 Å². The number of sulfone groups is 1. The van der Waals surface area contributed by atoms with E-state index in [9.17, 15) is 23.1 Å². The van der Waals surface area contributed by atoms with Crippen molar-refractivity contribution in [1.29, 1.82) is 0 Å². The SMILES string of the molecule is Cc1c(CCNC(=O)C(CO)NC(=O)OCc2ccccc2)cc(-c2ccc(S(C)(=O)=O)cc2)n1-c1ccccc1. The summed E-state index contributed by atoms with van der Waals surface area (Å²) in [6, 6.07) is 26.5. The minimum absolute atomic E-state index is 0.0451. The Morgan fingerprint density at radius 1 is 0.951 bits per heavy atom. The molecule has 1 aromatic heterocycles. The van der Waals surface area contributed by atoms with Gasteiger partial charge in [0.1, 0.15) is 12.6 Å². The molecule has 2 amide bonds. The van der Waals surface area contributed by atoms with Crippen molar-refractivity contribution in [3.05, 3.63) is 108 Å². The topological polar surface area (TPSA) is 127 Å². The monoisotopic (exact) mass is 575 g/mol. The lowest BCUT2D eigenvalue weighted by Gasteiger charge is -2.16. The lowest BCUT2D eigenvalue weighted by atomic mass is 10.1. The molecule has 4 aromatic rings. The Bertz CT molecular complexity index is 1580. The number of amides is 2. The molecular formula is C31H33N3O6S. The minimum Gasteiger partial charge on any atom is -0.445 e. The van der Waals surface area contributed by atoms with Crippen LogP contribution in [0.3, 0.4) is 0 Å². The molecular weight excluding hydrogens is 542 g/mol. The molecule has 0 aliphatic rings. The van der Waals surface area contributed by atoms with E-state index in [0.717, 1.165) is 33.8 Å². The maximum Gasteiger partial charge on any atom is 0.408 e. The summed E-state index contributed by atoms with van der Waals surface area (Å²) in [6.45, 7) is 1.72. The molecule has 0 bridgehead atoms. The second-order valence-electron chi connectivity index (χ2n) is 9.59. The Kier molecular flexibility index (Phi) is 9.59. The Hall–Kier alpha value is -4.41. The highest BCUT2D eigenvalue weighted by atomic mass is 32.2. The van der Waals surface area contributed by atoms with Crippen molar-refractivity contribution in [3.8, 4) is 16.9 Å². The third-order valence-electron chi connectivity index (χ3n) is 6.64. The molecule has 10 heteroatoms. The highest BCUT2D eigenvalue weighted by molar-refractivity contribution is 7.90. The van der Waals surface area contributed by atoms with Gasteiger partial charge in [-0.05, 0) is 60.4 Å². The van der Waals surface area contributed by atoms with Gasteiger partial charge in [-0.25, -0.2) is 13.2 Å². The predicted octanol–water partition coefficient (Wildman–Crippen LogP) is 3.80. The van der Waals surface area contributed by atoms with Crippen molar-refractivity contribution in [3.63, 3.8) is 0 Å². The van der Waals surface area contributed by atoms with Crippen LogP contribution in [-0.2, 0) is 32.4 Å². The smallest absolute Gasteiger partial charge is 0.408 e. The zero-order valence-electron chi connectivity index (χ0n) is 22.9. The van der Waals surface area contributed by atoms with Crippen molar-refractivity contribution in [2.24, 2.45) is 0 Å². The summed E-state index contributed by atoms with van der Waals surface area (Å²) in [4.78, 5) is 25.1. The third kappa shape index (κ3) is 7.62. The molecule has 1 atom stereocenters. The summed E-state index contributed by atoms with van der Waals surface area (Å²) >= 11 is 0. The fraction of sp³-hybridized carbons (Fsp3) is 0.226. The first-order valence-electron chi connectivity index (χ1n) is 13.1. The van der Waals surface area contributed by atoms with Crippen LogP contribution in [0.5, 0.6) is 0 Å². The molecule has 9 nitrogen and oxygen atoms in total. The number of aliphatic hydroxyl groups excluding tert-OH is 1. The number of hydrogen-bond donors (Lipinski definition) is 3. The van der Waals surface area contributed by atoms with Crippen molar-refractivity contribution in [2.75, 3.05) is 19.4 Å². The van der Waals surface area contributed by atoms with Crippen LogP contribution in [0.15, 0.2) is 95.9 Å². The minimum atomic E-state index is -3.32. The second-order valence-corrected chi connectivity index (χ2v) is 11.6. The standard InChI is InChI=1S/C31H33N3O6S/c1-22-25(17-18-32-30(36)28(20-35)33-31(37)40-21-23-9-5-3-6-10-23)19-29(34(22)26-11-7-4-8-12-26)24-13-15-27(16-14-24)41(2,38)39/h3-16,19,28,35H,17-18,20-21H2,1-2H3,(H,32,36)(H,33,37). The van der Waals surface area contributed by atoms with E-state index in [2.05, 4.69) is 15.2 Å². The number of nitrogens with one attached hydrogen (secondary N) is 2. The van der Waals surface area contributed by atoms with Crippen LogP contribution in [0, 0.1) is 6.92 Å². The Morgan fingerprint density at radius 3 is 2.20 bits per heavy atom. The summed E-state index contributed by atoms with van der Waals surface area (Å²) in [5, 5.41) is 14.9. The molecule has 214 valence electrons. The number of benzene rings is 3. The average Bonchev–Trinajstić information content (AvgIpc) is 3.31. The van der Waals surface area contributed by atoms with Gasteiger partial charge in [-0.3, -0.25) is 4.79 Å². The van der Waals surface area contributed by atoms with E-state index in [0.29, 0.717) is 6.42 Å². The van der Waals surface area contributed by atoms with Crippen LogP contribution in [0.1, 0.15) is 16.8 Å². The molecule has 3 aromatic carbocycles. The lowest BCUT2D eigenvalue weighted by molar-refractivity contribution is -0.123. The average molecular weight is 576 g/mol. The highest BCUT2D eigenvalue weighted by Gasteiger charge is 2.21. The molecule has 0 spiro atoms. The van der Waals surface area contributed by atoms with Gasteiger partial charge < -0.3 is 25.0 Å². The van der Waals surface area contributed by atoms with Gasteiger partial charge in [-0.1, -0.05) is 60.7 Å². The van der Waals surface area contributed by atoms with E-state index in [1.54, 1.807) is 24.3 Å². The zero-order chi connectivity index (χ0) is 29.4. The zero-order valence-corrected chi connectivity index (χ0v) is 23.7. The number of ether oxygens (including phenoxy) is 1. The third-order valence-corrected chi connectivity index (χ3v) is 7.77. The number of aromatic nitrogens is 1. The normalized spacial score (nSPS) is 12.0. The molecule has 0 saturated carbocycles. The largest absolute Gasteiger partial charge is 0.445 e. The number of alkyl carbamates (subject to hydrolysis) is 1. The fourth-order valence-corrected chi connectivity index (χ4v) is 5.08. The van der Waals surface area contributed by atoms with E-state index in [4.69, 9.17) is 4.74 Å². The van der Waals surface area contributed by atoms with E-state index in [1.807, 2.05) is 73.7 Å². The number of carbonyl (C=O) groups excluding carboxylic acids is 2. The molecule has 0 aliphatic heterocycles. The van der Waals surface area contributed by atoms with Crippen molar-refractivity contribution in [2.45, 2.75) is 30.9 Å². The van der Waals surface area contributed by atoms with Gasteiger partial charge in [0.2, 0.25) is 5.91 Å². The van der Waals surface area contributed by atoms with Crippen LogP contribution in [0.25, 0.3) is 16.9 Å². The van der Waals surface area contributed by atoms with Crippen LogP contribution in [0.2, 0.25) is 0 Å². The van der Waals surface area contributed by atoms with E-state index in [1.165, 1.54) is 6.26 Å². The van der Waals surface area contributed by atoms with E-state index >= 15 is 0 Å². The van der Waals surface area contributed by atoms with Gasteiger partial charge in [-0.15, -0.1) is 0 Å². The van der Waals surface area contributed by atoms with Crippen LogP contribution in [-0.4, -0.2) is 55.5 Å². The van der Waals surface area contributed by atoms with Gasteiger partial charge in [0.05, 0.1) is 17.2 Å². The highest BCUT2D eigenvalue weighted by Crippen LogP contribution is 2.30. The number of para-hydroxylation sites is 1. The molecule has 41 heavy (non-hydrogen) atoms. The van der Waals surface area contributed by atoms with Crippen LogP contribution >= 0.6 is 0 Å². The van der Waals surface area contributed by atoms with Crippen molar-refractivity contribution >= 4 is 21.8 Å². The predicted molar refractivity (Wildman–Crippen MR) is 156 cm³/mol. The van der Waals surface area contributed by atoms with Gasteiger partial charge in [0.15, 0.2) is 9.84 Å². The molecule has 0 aliphatic carbocycles. The Labute approximate surface area is 239 Å². The lowest BCUT2D eigenvalue weighted by Crippen LogP contribution is -2.49. The van der Waals surface area contributed by atoms with Crippen LogP contribution in [0.4, 0.5) is 4.79 Å². The molecule has 0 radical (unpaired) electrons. The Balaban J connectivity index is 1.44. The van der Waals surface area contributed by atoms with Gasteiger partial charge in [-0.2, -0.15) is 0 Å². The van der Waals surface area contributed by atoms with Gasteiger partial charge >= 0.3 is 6.09 Å². The molecule has 1 heterocycles. The summed E-state index contributed by atoms with van der Waals surface area (Å²) in [5.74, 6) is -0.527. The van der Waals surface area contributed by atoms with E-state index < -0.39 is 34.5 Å². The van der Waals surface area contributed by atoms with Gasteiger partial charge in [0.25, 0.3) is 0 Å². The molecule has 4 rings (SSSR count).